The second-order valence-corrected chi connectivity index (χ2v) is 6.33. The summed E-state index contributed by atoms with van der Waals surface area (Å²) in [7, 11) is 0. The summed E-state index contributed by atoms with van der Waals surface area (Å²) in [5, 5.41) is 0. The molecule has 2 nitrogen and oxygen atoms in total. The molecule has 0 heterocycles. The van der Waals surface area contributed by atoms with E-state index in [1.807, 2.05) is 6.07 Å². The normalized spacial score (nSPS) is 18.9. The molecule has 0 fully saturated rings. The standard InChI is InChI=1S/C16H25FN2/c1-4-19(11-16(2,3)10-18)15-8-5-12-9-13(17)6-7-14(12)15/h6-7,9,15H,4-5,8,10-11,18H2,1-3H3. The lowest BCUT2D eigenvalue weighted by Gasteiger charge is -2.35. The Bertz CT molecular complexity index is 442. The third kappa shape index (κ3) is 3.15. The maximum absolute atomic E-state index is 13.3. The number of halogens is 1. The fraction of sp³-hybridized carbons (Fsp3) is 0.625. The van der Waals surface area contributed by atoms with Gasteiger partial charge in [0.2, 0.25) is 0 Å². The van der Waals surface area contributed by atoms with Gasteiger partial charge < -0.3 is 5.73 Å². The zero-order valence-corrected chi connectivity index (χ0v) is 12.2. The Morgan fingerprint density at radius 1 is 1.42 bits per heavy atom. The van der Waals surface area contributed by atoms with Crippen molar-refractivity contribution in [2.45, 2.75) is 39.7 Å². The smallest absolute Gasteiger partial charge is 0.123 e. The highest BCUT2D eigenvalue weighted by molar-refractivity contribution is 5.35. The highest BCUT2D eigenvalue weighted by Gasteiger charge is 2.30. The Hall–Kier alpha value is -0.930. The largest absolute Gasteiger partial charge is 0.330 e. The molecule has 106 valence electrons. The summed E-state index contributed by atoms with van der Waals surface area (Å²) in [6.07, 6.45) is 2.07. The molecule has 0 aromatic heterocycles. The van der Waals surface area contributed by atoms with Gasteiger partial charge in [-0.2, -0.15) is 0 Å². The van der Waals surface area contributed by atoms with Crippen molar-refractivity contribution in [3.8, 4) is 0 Å². The lowest BCUT2D eigenvalue weighted by atomic mass is 9.92. The molecule has 0 spiro atoms. The van der Waals surface area contributed by atoms with Crippen molar-refractivity contribution in [3.63, 3.8) is 0 Å². The maximum Gasteiger partial charge on any atom is 0.123 e. The second-order valence-electron chi connectivity index (χ2n) is 6.33. The monoisotopic (exact) mass is 264 g/mol. The Balaban J connectivity index is 2.19. The van der Waals surface area contributed by atoms with Gasteiger partial charge in [-0.3, -0.25) is 4.90 Å². The molecule has 2 N–H and O–H groups in total. The van der Waals surface area contributed by atoms with Crippen molar-refractivity contribution in [1.82, 2.24) is 4.90 Å². The van der Waals surface area contributed by atoms with Gasteiger partial charge in [-0.15, -0.1) is 0 Å². The summed E-state index contributed by atoms with van der Waals surface area (Å²) >= 11 is 0. The van der Waals surface area contributed by atoms with Gasteiger partial charge in [-0.1, -0.05) is 26.8 Å². The van der Waals surface area contributed by atoms with E-state index >= 15 is 0 Å². The van der Waals surface area contributed by atoms with E-state index in [0.29, 0.717) is 12.6 Å². The van der Waals surface area contributed by atoms with Crippen LogP contribution in [0.5, 0.6) is 0 Å². The first-order valence-corrected chi connectivity index (χ1v) is 7.19. The third-order valence-corrected chi connectivity index (χ3v) is 4.18. The first-order chi connectivity index (χ1) is 8.96. The van der Waals surface area contributed by atoms with Gasteiger partial charge in [-0.05, 0) is 54.6 Å². The van der Waals surface area contributed by atoms with Crippen LogP contribution in [-0.4, -0.2) is 24.5 Å². The second kappa shape index (κ2) is 5.59. The lowest BCUT2D eigenvalue weighted by Crippen LogP contribution is -2.40. The molecule has 0 amide bonds. The number of rotatable bonds is 5. The summed E-state index contributed by atoms with van der Waals surface area (Å²) in [6, 6.07) is 5.66. The van der Waals surface area contributed by atoms with E-state index in [1.54, 1.807) is 12.1 Å². The number of aryl methyl sites for hydroxylation is 1. The molecule has 1 aromatic carbocycles. The number of nitrogens with zero attached hydrogens (tertiary/aromatic N) is 1. The quantitative estimate of drug-likeness (QED) is 0.885. The van der Waals surface area contributed by atoms with Crippen molar-refractivity contribution < 1.29 is 4.39 Å². The molecule has 1 aliphatic carbocycles. The summed E-state index contributed by atoms with van der Waals surface area (Å²) < 4.78 is 13.3. The molecule has 19 heavy (non-hydrogen) atoms. The zero-order chi connectivity index (χ0) is 14.0. The van der Waals surface area contributed by atoms with Crippen LogP contribution in [0.2, 0.25) is 0 Å². The Morgan fingerprint density at radius 2 is 2.16 bits per heavy atom. The van der Waals surface area contributed by atoms with Crippen LogP contribution in [0.25, 0.3) is 0 Å². The summed E-state index contributed by atoms with van der Waals surface area (Å²) in [5.74, 6) is -0.121. The van der Waals surface area contributed by atoms with E-state index in [1.165, 1.54) is 11.1 Å². The van der Waals surface area contributed by atoms with Crippen LogP contribution in [0.3, 0.4) is 0 Å². The van der Waals surface area contributed by atoms with Crippen molar-refractivity contribution in [2.75, 3.05) is 19.6 Å². The van der Waals surface area contributed by atoms with E-state index in [9.17, 15) is 4.39 Å². The molecular weight excluding hydrogens is 239 g/mol. The van der Waals surface area contributed by atoms with Crippen LogP contribution in [0.1, 0.15) is 44.4 Å². The zero-order valence-electron chi connectivity index (χ0n) is 12.2. The average Bonchev–Trinajstić information content (AvgIpc) is 2.79. The maximum atomic E-state index is 13.3. The van der Waals surface area contributed by atoms with Gasteiger partial charge in [-0.25, -0.2) is 4.39 Å². The highest BCUT2D eigenvalue weighted by atomic mass is 19.1. The minimum Gasteiger partial charge on any atom is -0.330 e. The summed E-state index contributed by atoms with van der Waals surface area (Å²) in [4.78, 5) is 2.48. The molecule has 2 rings (SSSR count). The summed E-state index contributed by atoms with van der Waals surface area (Å²) in [5.41, 5.74) is 8.45. The van der Waals surface area contributed by atoms with Gasteiger partial charge in [0, 0.05) is 12.6 Å². The Morgan fingerprint density at radius 3 is 2.79 bits per heavy atom. The first kappa shape index (κ1) is 14.5. The fourth-order valence-corrected chi connectivity index (χ4v) is 3.00. The van der Waals surface area contributed by atoms with Gasteiger partial charge >= 0.3 is 0 Å². The van der Waals surface area contributed by atoms with Crippen LogP contribution < -0.4 is 5.73 Å². The minimum atomic E-state index is -0.121. The van der Waals surface area contributed by atoms with E-state index in [0.717, 1.165) is 25.9 Å². The number of hydrogen-bond acceptors (Lipinski definition) is 2. The SMILES string of the molecule is CCN(CC(C)(C)CN)C1CCc2cc(F)ccc21. The first-order valence-electron chi connectivity index (χ1n) is 7.19. The van der Waals surface area contributed by atoms with E-state index in [-0.39, 0.29) is 11.2 Å². The molecule has 0 saturated heterocycles. The van der Waals surface area contributed by atoms with Gasteiger partial charge in [0.25, 0.3) is 0 Å². The molecule has 0 saturated carbocycles. The van der Waals surface area contributed by atoms with Crippen LogP contribution in [0, 0.1) is 11.2 Å². The number of hydrogen-bond donors (Lipinski definition) is 1. The number of benzene rings is 1. The average molecular weight is 264 g/mol. The third-order valence-electron chi connectivity index (χ3n) is 4.18. The minimum absolute atomic E-state index is 0.121. The molecule has 3 heteroatoms. The molecule has 1 atom stereocenters. The van der Waals surface area contributed by atoms with Crippen molar-refractivity contribution in [3.05, 3.63) is 35.1 Å². The number of nitrogens with two attached hydrogens (primary N) is 1. The van der Waals surface area contributed by atoms with Gasteiger partial charge in [0.15, 0.2) is 0 Å². The Labute approximate surface area is 115 Å². The van der Waals surface area contributed by atoms with E-state index in [2.05, 4.69) is 25.7 Å². The van der Waals surface area contributed by atoms with Crippen molar-refractivity contribution in [1.29, 1.82) is 0 Å². The highest BCUT2D eigenvalue weighted by Crippen LogP contribution is 2.37. The summed E-state index contributed by atoms with van der Waals surface area (Å²) in [6.45, 7) is 9.28. The molecule has 1 aliphatic rings. The Kier molecular flexibility index (Phi) is 4.26. The fourth-order valence-electron chi connectivity index (χ4n) is 3.00. The predicted octanol–water partition coefficient (Wildman–Crippen LogP) is 3.12. The van der Waals surface area contributed by atoms with Crippen molar-refractivity contribution >= 4 is 0 Å². The molecule has 0 radical (unpaired) electrons. The van der Waals surface area contributed by atoms with E-state index < -0.39 is 0 Å². The molecular formula is C16H25FN2. The van der Waals surface area contributed by atoms with Crippen LogP contribution in [-0.2, 0) is 6.42 Å². The predicted molar refractivity (Wildman–Crippen MR) is 77.5 cm³/mol. The van der Waals surface area contributed by atoms with Crippen LogP contribution in [0.15, 0.2) is 18.2 Å². The molecule has 0 bridgehead atoms. The molecule has 0 aliphatic heterocycles. The van der Waals surface area contributed by atoms with E-state index in [4.69, 9.17) is 5.73 Å². The van der Waals surface area contributed by atoms with Gasteiger partial charge in [0.05, 0.1) is 0 Å². The topological polar surface area (TPSA) is 29.3 Å². The number of fused-ring (bicyclic) bond motifs is 1. The lowest BCUT2D eigenvalue weighted by molar-refractivity contribution is 0.138. The van der Waals surface area contributed by atoms with Gasteiger partial charge in [0.1, 0.15) is 5.82 Å². The molecule has 1 aromatic rings. The van der Waals surface area contributed by atoms with Crippen molar-refractivity contribution in [2.24, 2.45) is 11.1 Å². The molecule has 1 unspecified atom stereocenters. The van der Waals surface area contributed by atoms with Crippen LogP contribution >= 0.6 is 0 Å². The van der Waals surface area contributed by atoms with Crippen LogP contribution in [0.4, 0.5) is 4.39 Å².